The lowest BCUT2D eigenvalue weighted by Gasteiger charge is -2.09. The number of hydrogen-bond acceptors (Lipinski definition) is 1. The minimum Gasteiger partial charge on any atom is -0.381 e. The fraction of sp³-hybridized carbons (Fsp3) is 1.00. The Morgan fingerprint density at radius 3 is 2.33 bits per heavy atom. The first-order chi connectivity index (χ1) is 4.18. The molecule has 0 aromatic heterocycles. The van der Waals surface area contributed by atoms with Crippen molar-refractivity contribution in [3.8, 4) is 0 Å². The van der Waals surface area contributed by atoms with E-state index in [1.807, 2.05) is 0 Å². The Bertz CT molecular complexity index is 66.1. The first-order valence-electron chi connectivity index (χ1n) is 3.14. The molecule has 0 heterocycles. The molecule has 9 heavy (non-hydrogen) atoms. The SMILES string of the molecule is CCCCC(Br)C(O)Br. The molecule has 1 N–H and O–H groups in total. The zero-order chi connectivity index (χ0) is 7.28. The summed E-state index contributed by atoms with van der Waals surface area (Å²) in [6.45, 7) is 2.14. The van der Waals surface area contributed by atoms with E-state index in [0.717, 1.165) is 6.42 Å². The molecule has 0 rings (SSSR count). The van der Waals surface area contributed by atoms with Gasteiger partial charge in [0, 0.05) is 0 Å². The Kier molecular flexibility index (Phi) is 6.27. The first kappa shape index (κ1) is 9.92. The Hall–Kier alpha value is 0.920. The van der Waals surface area contributed by atoms with Crippen LogP contribution in [0.25, 0.3) is 0 Å². The predicted octanol–water partition coefficient (Wildman–Crippen LogP) is 2.65. The van der Waals surface area contributed by atoms with Crippen molar-refractivity contribution in [1.82, 2.24) is 0 Å². The van der Waals surface area contributed by atoms with Gasteiger partial charge in [0.2, 0.25) is 0 Å². The smallest absolute Gasteiger partial charge is 0.121 e. The van der Waals surface area contributed by atoms with E-state index in [4.69, 9.17) is 5.11 Å². The molecule has 0 radical (unpaired) electrons. The van der Waals surface area contributed by atoms with Gasteiger partial charge in [-0.1, -0.05) is 51.6 Å². The van der Waals surface area contributed by atoms with E-state index in [1.54, 1.807) is 0 Å². The average Bonchev–Trinajstić information content (AvgIpc) is 1.82. The zero-order valence-corrected chi connectivity index (χ0v) is 8.65. The molecule has 0 fully saturated rings. The quantitative estimate of drug-likeness (QED) is 0.770. The molecule has 0 aromatic carbocycles. The van der Waals surface area contributed by atoms with Crippen LogP contribution < -0.4 is 0 Å². The van der Waals surface area contributed by atoms with Crippen LogP contribution in [0.15, 0.2) is 0 Å². The molecule has 3 heteroatoms. The number of aliphatic hydroxyl groups is 1. The monoisotopic (exact) mass is 258 g/mol. The van der Waals surface area contributed by atoms with E-state index < -0.39 is 5.01 Å². The third-order valence-electron chi connectivity index (χ3n) is 1.13. The summed E-state index contributed by atoms with van der Waals surface area (Å²) in [5.41, 5.74) is 0. The molecule has 0 aromatic rings. The highest BCUT2D eigenvalue weighted by Gasteiger charge is 2.10. The summed E-state index contributed by atoms with van der Waals surface area (Å²) in [7, 11) is 0. The minimum absolute atomic E-state index is 0.206. The van der Waals surface area contributed by atoms with Crippen molar-refractivity contribution in [1.29, 1.82) is 0 Å². The fourth-order valence-electron chi connectivity index (χ4n) is 0.537. The Labute approximate surface area is 73.1 Å². The average molecular weight is 260 g/mol. The molecule has 0 aliphatic carbocycles. The van der Waals surface area contributed by atoms with Crippen LogP contribution in [0.4, 0.5) is 0 Å². The van der Waals surface area contributed by atoms with Crippen molar-refractivity contribution in [2.24, 2.45) is 0 Å². The minimum atomic E-state index is -0.399. The van der Waals surface area contributed by atoms with Crippen LogP contribution >= 0.6 is 31.9 Å². The number of aliphatic hydroxyl groups excluding tert-OH is 1. The molecule has 56 valence electrons. The molecular weight excluding hydrogens is 248 g/mol. The highest BCUT2D eigenvalue weighted by Crippen LogP contribution is 2.17. The van der Waals surface area contributed by atoms with Crippen LogP contribution in [0.3, 0.4) is 0 Å². The molecule has 0 bridgehead atoms. The lowest BCUT2D eigenvalue weighted by molar-refractivity contribution is 0.263. The van der Waals surface area contributed by atoms with E-state index in [2.05, 4.69) is 38.8 Å². The van der Waals surface area contributed by atoms with Crippen molar-refractivity contribution in [2.75, 3.05) is 0 Å². The molecule has 2 unspecified atom stereocenters. The number of hydrogen-bond donors (Lipinski definition) is 1. The molecule has 0 saturated heterocycles. The fourth-order valence-corrected chi connectivity index (χ4v) is 1.12. The lowest BCUT2D eigenvalue weighted by Crippen LogP contribution is -2.11. The van der Waals surface area contributed by atoms with Gasteiger partial charge in [-0.2, -0.15) is 0 Å². The molecule has 1 nitrogen and oxygen atoms in total. The van der Waals surface area contributed by atoms with Gasteiger partial charge in [-0.25, -0.2) is 0 Å². The van der Waals surface area contributed by atoms with Crippen LogP contribution in [0.1, 0.15) is 26.2 Å². The molecular formula is C6H12Br2O. The number of unbranched alkanes of at least 4 members (excludes halogenated alkanes) is 1. The summed E-state index contributed by atoms with van der Waals surface area (Å²) in [4.78, 5) is 0.206. The molecule has 2 atom stereocenters. The van der Waals surface area contributed by atoms with Crippen LogP contribution in [0.2, 0.25) is 0 Å². The van der Waals surface area contributed by atoms with E-state index in [9.17, 15) is 0 Å². The van der Waals surface area contributed by atoms with E-state index in [0.29, 0.717) is 0 Å². The van der Waals surface area contributed by atoms with Crippen LogP contribution in [-0.4, -0.2) is 14.9 Å². The van der Waals surface area contributed by atoms with Crippen molar-refractivity contribution < 1.29 is 5.11 Å². The second-order valence-electron chi connectivity index (χ2n) is 2.03. The molecule has 0 amide bonds. The lowest BCUT2D eigenvalue weighted by atomic mass is 10.2. The van der Waals surface area contributed by atoms with Crippen molar-refractivity contribution in [2.45, 2.75) is 36.0 Å². The van der Waals surface area contributed by atoms with Gasteiger partial charge in [-0.15, -0.1) is 0 Å². The summed E-state index contributed by atoms with van der Waals surface area (Å²) in [6, 6.07) is 0. The van der Waals surface area contributed by atoms with Gasteiger partial charge in [0.05, 0.1) is 4.83 Å². The van der Waals surface area contributed by atoms with Gasteiger partial charge in [-0.3, -0.25) is 0 Å². The highest BCUT2D eigenvalue weighted by molar-refractivity contribution is 9.12. The van der Waals surface area contributed by atoms with Crippen LogP contribution in [0.5, 0.6) is 0 Å². The first-order valence-corrected chi connectivity index (χ1v) is 4.97. The van der Waals surface area contributed by atoms with E-state index in [1.165, 1.54) is 12.8 Å². The van der Waals surface area contributed by atoms with Crippen molar-refractivity contribution in [3.63, 3.8) is 0 Å². The van der Waals surface area contributed by atoms with E-state index >= 15 is 0 Å². The summed E-state index contributed by atoms with van der Waals surface area (Å²) in [5, 5.41) is 8.52. The number of rotatable bonds is 4. The third-order valence-corrected chi connectivity index (χ3v) is 3.44. The summed E-state index contributed by atoms with van der Waals surface area (Å²) < 4.78 is 0. The van der Waals surface area contributed by atoms with Gasteiger partial charge >= 0.3 is 0 Å². The molecule has 0 aliphatic rings. The van der Waals surface area contributed by atoms with E-state index in [-0.39, 0.29) is 4.83 Å². The van der Waals surface area contributed by atoms with Gasteiger partial charge in [0.15, 0.2) is 0 Å². The summed E-state index contributed by atoms with van der Waals surface area (Å²) >= 11 is 6.42. The maximum atomic E-state index is 8.92. The van der Waals surface area contributed by atoms with Gasteiger partial charge < -0.3 is 5.11 Å². The second-order valence-corrected chi connectivity index (χ2v) is 4.15. The molecule has 0 saturated carbocycles. The Morgan fingerprint density at radius 2 is 2.00 bits per heavy atom. The third kappa shape index (κ3) is 5.37. The van der Waals surface area contributed by atoms with Gasteiger partial charge in [0.1, 0.15) is 5.01 Å². The van der Waals surface area contributed by atoms with Crippen molar-refractivity contribution in [3.05, 3.63) is 0 Å². The molecule has 0 aliphatic heterocycles. The van der Waals surface area contributed by atoms with Gasteiger partial charge in [0.25, 0.3) is 0 Å². The highest BCUT2D eigenvalue weighted by atomic mass is 79.9. The zero-order valence-electron chi connectivity index (χ0n) is 5.48. The maximum Gasteiger partial charge on any atom is 0.121 e. The normalized spacial score (nSPS) is 17.3. The summed E-state index contributed by atoms with van der Waals surface area (Å²) in [5.74, 6) is 0. The molecule has 0 spiro atoms. The number of halogens is 2. The predicted molar refractivity (Wildman–Crippen MR) is 47.2 cm³/mol. The maximum absolute atomic E-state index is 8.92. The summed E-state index contributed by atoms with van der Waals surface area (Å²) in [6.07, 6.45) is 3.38. The Morgan fingerprint density at radius 1 is 1.44 bits per heavy atom. The largest absolute Gasteiger partial charge is 0.381 e. The van der Waals surface area contributed by atoms with Crippen molar-refractivity contribution >= 4 is 31.9 Å². The standard InChI is InChI=1S/C6H12Br2O/c1-2-3-4-5(7)6(8)9/h5-6,9H,2-4H2,1H3. The van der Waals surface area contributed by atoms with Crippen LogP contribution in [-0.2, 0) is 0 Å². The van der Waals surface area contributed by atoms with Gasteiger partial charge in [-0.05, 0) is 6.42 Å². The van der Waals surface area contributed by atoms with Crippen LogP contribution in [0, 0.1) is 0 Å². The Balaban J connectivity index is 3.16. The second kappa shape index (κ2) is 5.69. The topological polar surface area (TPSA) is 20.2 Å². The number of alkyl halides is 2.